The maximum Gasteiger partial charge on any atom is 0.432 e. The summed E-state index contributed by atoms with van der Waals surface area (Å²) in [7, 11) is 0. The molecular weight excluding hydrogens is 606 g/mol. The van der Waals surface area contributed by atoms with E-state index in [1.165, 1.54) is 31.4 Å². The predicted octanol–water partition coefficient (Wildman–Crippen LogP) is 10.5. The zero-order valence-electron chi connectivity index (χ0n) is 24.4. The quantitative estimate of drug-likeness (QED) is 0.163. The highest BCUT2D eigenvalue weighted by atomic mass is 35.5. The number of rotatable bonds is 10. The summed E-state index contributed by atoms with van der Waals surface area (Å²) in [4.78, 5) is 0. The largest absolute Gasteiger partial charge is 0.432 e. The summed E-state index contributed by atoms with van der Waals surface area (Å²) in [5, 5.41) is -0.335. The van der Waals surface area contributed by atoms with E-state index in [0.717, 1.165) is 63.0 Å². The van der Waals surface area contributed by atoms with Gasteiger partial charge >= 0.3 is 6.11 Å². The summed E-state index contributed by atoms with van der Waals surface area (Å²) >= 11 is 5.54. The van der Waals surface area contributed by atoms with Gasteiger partial charge in [-0.25, -0.2) is 17.6 Å². The van der Waals surface area contributed by atoms with Crippen molar-refractivity contribution in [1.82, 2.24) is 0 Å². The van der Waals surface area contributed by atoms with E-state index in [1.54, 1.807) is 6.07 Å². The molecule has 10 heteroatoms. The van der Waals surface area contributed by atoms with Gasteiger partial charge in [-0.1, -0.05) is 49.9 Å². The lowest BCUT2D eigenvalue weighted by Crippen LogP contribution is -2.38. The van der Waals surface area contributed by atoms with Crippen LogP contribution in [0.2, 0.25) is 5.02 Å². The zero-order chi connectivity index (χ0) is 31.4. The fraction of sp³-hybridized carbons (Fsp3) is 0.471. The van der Waals surface area contributed by atoms with Crippen LogP contribution in [0.3, 0.4) is 0 Å². The monoisotopic (exact) mass is 640 g/mol. The van der Waals surface area contributed by atoms with Crippen LogP contribution in [0.1, 0.15) is 75.3 Å². The molecule has 3 aromatic rings. The van der Waals surface area contributed by atoms with Gasteiger partial charge in [0.15, 0.2) is 6.29 Å². The van der Waals surface area contributed by atoms with Crippen LogP contribution in [0.15, 0.2) is 48.5 Å². The van der Waals surface area contributed by atoms with Crippen LogP contribution in [0, 0.1) is 35.1 Å². The van der Waals surface area contributed by atoms with E-state index in [2.05, 4.69) is 11.7 Å². The van der Waals surface area contributed by atoms with E-state index in [4.69, 9.17) is 21.1 Å². The molecule has 0 bridgehead atoms. The third-order valence-corrected chi connectivity index (χ3v) is 8.92. The molecule has 238 valence electrons. The van der Waals surface area contributed by atoms with Crippen LogP contribution in [-0.2, 0) is 15.6 Å². The molecule has 44 heavy (non-hydrogen) atoms. The van der Waals surface area contributed by atoms with Crippen LogP contribution in [-0.4, -0.2) is 19.5 Å². The van der Waals surface area contributed by atoms with Crippen LogP contribution in [0.5, 0.6) is 5.75 Å². The Morgan fingerprint density at radius 3 is 2.11 bits per heavy atom. The molecule has 5 rings (SSSR count). The second-order valence-electron chi connectivity index (χ2n) is 11.8. The number of halogens is 7. The lowest BCUT2D eigenvalue weighted by atomic mass is 9.78. The lowest BCUT2D eigenvalue weighted by molar-refractivity contribution is -0.229. The number of hydrogen-bond donors (Lipinski definition) is 0. The Balaban J connectivity index is 1.21. The zero-order valence-corrected chi connectivity index (χ0v) is 25.1. The molecule has 0 unspecified atom stereocenters. The van der Waals surface area contributed by atoms with Gasteiger partial charge in [-0.05, 0) is 79.5 Å². The third kappa shape index (κ3) is 7.54. The van der Waals surface area contributed by atoms with E-state index in [-0.39, 0.29) is 34.3 Å². The Bertz CT molecular complexity index is 1410. The van der Waals surface area contributed by atoms with Gasteiger partial charge in [-0.15, -0.1) is 0 Å². The van der Waals surface area contributed by atoms with Crippen LogP contribution in [0.4, 0.5) is 26.3 Å². The molecule has 1 aliphatic heterocycles. The van der Waals surface area contributed by atoms with Gasteiger partial charge in [-0.3, -0.25) is 0 Å². The van der Waals surface area contributed by atoms with Crippen LogP contribution < -0.4 is 4.74 Å². The van der Waals surface area contributed by atoms with Crippen LogP contribution >= 0.6 is 11.6 Å². The Morgan fingerprint density at radius 2 is 1.50 bits per heavy atom. The molecule has 1 saturated heterocycles. The summed E-state index contributed by atoms with van der Waals surface area (Å²) in [6.45, 7) is 3.62. The third-order valence-electron chi connectivity index (χ3n) is 8.61. The van der Waals surface area contributed by atoms with Crippen molar-refractivity contribution in [2.45, 2.75) is 76.6 Å². The topological polar surface area (TPSA) is 27.7 Å². The van der Waals surface area contributed by atoms with Crippen molar-refractivity contribution in [2.24, 2.45) is 11.8 Å². The van der Waals surface area contributed by atoms with Crippen molar-refractivity contribution < 1.29 is 40.6 Å². The summed E-state index contributed by atoms with van der Waals surface area (Å²) in [5.41, 5.74) is -1.29. The summed E-state index contributed by atoms with van der Waals surface area (Å²) in [6.07, 6.45) is 3.38. The van der Waals surface area contributed by atoms with Gasteiger partial charge in [0, 0.05) is 23.5 Å². The van der Waals surface area contributed by atoms with Crippen molar-refractivity contribution in [1.29, 1.82) is 0 Å². The first-order valence-corrected chi connectivity index (χ1v) is 15.5. The molecular formula is C34H35ClF6O3. The smallest absolute Gasteiger partial charge is 0.429 e. The average molecular weight is 641 g/mol. The van der Waals surface area contributed by atoms with Crippen molar-refractivity contribution in [3.05, 3.63) is 87.9 Å². The van der Waals surface area contributed by atoms with Crippen molar-refractivity contribution >= 4 is 11.6 Å². The molecule has 3 nitrogen and oxygen atoms in total. The van der Waals surface area contributed by atoms with Gasteiger partial charge < -0.3 is 14.2 Å². The molecule has 0 N–H and O–H groups in total. The standard InChI is InChI=1S/C34H35ClF6O3/c1-2-3-4-5-20-18-42-33(43-19-20)22-8-6-21(7-9-22)23-10-12-26(28(36)14-23)24-15-30(38)32(31(39)16-24)34(40,41)44-25-11-13-27(35)29(37)17-25/h10-17,20-22,33H,2-9,18-19H2,1H3. The number of hydrogen-bond acceptors (Lipinski definition) is 3. The second kappa shape index (κ2) is 14.1. The van der Waals surface area contributed by atoms with Crippen molar-refractivity contribution in [2.75, 3.05) is 13.2 Å². The first kappa shape index (κ1) is 32.6. The fourth-order valence-corrected chi connectivity index (χ4v) is 6.29. The molecule has 3 aromatic carbocycles. The number of benzene rings is 3. The highest BCUT2D eigenvalue weighted by Crippen LogP contribution is 2.41. The highest BCUT2D eigenvalue weighted by molar-refractivity contribution is 6.30. The SMILES string of the molecule is CCCCCC1COC(C2CCC(c3ccc(-c4cc(F)c(C(F)(F)Oc5ccc(Cl)c(F)c5)c(F)c4)c(F)c3)CC2)OC1. The molecule has 1 aliphatic carbocycles. The minimum absolute atomic E-state index is 0.101. The maximum absolute atomic E-state index is 15.3. The molecule has 1 saturated carbocycles. The molecule has 0 aromatic heterocycles. The Hall–Kier alpha value is -2.75. The summed E-state index contributed by atoms with van der Waals surface area (Å²) < 4.78 is 105. The second-order valence-corrected chi connectivity index (χ2v) is 12.2. The Kier molecular flexibility index (Phi) is 10.5. The van der Waals surface area contributed by atoms with Crippen molar-refractivity contribution in [3.63, 3.8) is 0 Å². The number of unbranched alkanes of at least 4 members (excludes halogenated alkanes) is 2. The van der Waals surface area contributed by atoms with E-state index >= 15 is 4.39 Å². The lowest BCUT2D eigenvalue weighted by Gasteiger charge is -2.37. The van der Waals surface area contributed by atoms with Gasteiger partial charge in [-0.2, -0.15) is 8.78 Å². The Morgan fingerprint density at radius 1 is 0.818 bits per heavy atom. The average Bonchev–Trinajstić information content (AvgIpc) is 2.99. The minimum atomic E-state index is -4.49. The van der Waals surface area contributed by atoms with Crippen LogP contribution in [0.25, 0.3) is 11.1 Å². The molecule has 1 heterocycles. The first-order chi connectivity index (χ1) is 21.1. The van der Waals surface area contributed by atoms with Gasteiger partial charge in [0.2, 0.25) is 0 Å². The highest BCUT2D eigenvalue weighted by Gasteiger charge is 2.41. The molecule has 0 amide bonds. The molecule has 0 atom stereocenters. The van der Waals surface area contributed by atoms with E-state index < -0.39 is 40.7 Å². The summed E-state index contributed by atoms with van der Waals surface area (Å²) in [6, 6.07) is 8.18. The number of ether oxygens (including phenoxy) is 3. The molecule has 2 fully saturated rings. The van der Waals surface area contributed by atoms with Gasteiger partial charge in [0.1, 0.15) is 34.6 Å². The van der Waals surface area contributed by atoms with E-state index in [9.17, 15) is 22.0 Å². The molecule has 0 spiro atoms. The molecule has 0 radical (unpaired) electrons. The first-order valence-electron chi connectivity index (χ1n) is 15.1. The van der Waals surface area contributed by atoms with E-state index in [1.807, 2.05) is 0 Å². The summed E-state index contributed by atoms with van der Waals surface area (Å²) in [5.74, 6) is -4.90. The minimum Gasteiger partial charge on any atom is -0.429 e. The maximum atomic E-state index is 15.3. The molecule has 2 aliphatic rings. The number of alkyl halides is 2. The fourth-order valence-electron chi connectivity index (χ4n) is 6.17. The van der Waals surface area contributed by atoms with Gasteiger partial charge in [0.25, 0.3) is 0 Å². The predicted molar refractivity (Wildman–Crippen MR) is 156 cm³/mol. The van der Waals surface area contributed by atoms with Gasteiger partial charge in [0.05, 0.1) is 18.2 Å². The normalized spacial score (nSPS) is 22.6. The van der Waals surface area contributed by atoms with E-state index in [0.29, 0.717) is 24.1 Å². The van der Waals surface area contributed by atoms with Crippen molar-refractivity contribution in [3.8, 4) is 16.9 Å². The Labute approximate surface area is 258 Å².